The molecule has 1 N–H and O–H groups in total. The largest absolute Gasteiger partial charge is 0.362 e. The zero-order valence-corrected chi connectivity index (χ0v) is 9.51. The fourth-order valence-electron chi connectivity index (χ4n) is 1.12. The van der Waals surface area contributed by atoms with Crippen LogP contribution in [0.25, 0.3) is 0 Å². The van der Waals surface area contributed by atoms with E-state index in [1.54, 1.807) is 11.9 Å². The topological polar surface area (TPSA) is 21.3 Å². The van der Waals surface area contributed by atoms with Gasteiger partial charge in [0, 0.05) is 13.2 Å². The van der Waals surface area contributed by atoms with Gasteiger partial charge in [0.05, 0.1) is 0 Å². The summed E-state index contributed by atoms with van der Waals surface area (Å²) in [5.41, 5.74) is 1.31. The van der Waals surface area contributed by atoms with Crippen molar-refractivity contribution in [3.05, 3.63) is 35.9 Å². The van der Waals surface area contributed by atoms with Gasteiger partial charge in [0.2, 0.25) is 0 Å². The SMILES string of the molecule is CCNSC(OCC)c1ccccc1. The van der Waals surface area contributed by atoms with E-state index in [0.29, 0.717) is 0 Å². The van der Waals surface area contributed by atoms with Crippen LogP contribution in [0.1, 0.15) is 24.8 Å². The molecular weight excluding hydrogens is 194 g/mol. The van der Waals surface area contributed by atoms with Gasteiger partial charge in [-0.3, -0.25) is 4.72 Å². The maximum Gasteiger partial charge on any atom is 0.142 e. The lowest BCUT2D eigenvalue weighted by molar-refractivity contribution is 0.125. The highest BCUT2D eigenvalue weighted by atomic mass is 32.2. The molecule has 1 unspecified atom stereocenters. The third-order valence-corrected chi connectivity index (χ3v) is 2.80. The van der Waals surface area contributed by atoms with Crippen molar-refractivity contribution in [3.63, 3.8) is 0 Å². The summed E-state index contributed by atoms with van der Waals surface area (Å²) in [5.74, 6) is 0. The zero-order chi connectivity index (χ0) is 10.2. The molecule has 0 fully saturated rings. The lowest BCUT2D eigenvalue weighted by atomic mass is 10.2. The van der Waals surface area contributed by atoms with Crippen LogP contribution in [0.3, 0.4) is 0 Å². The third-order valence-electron chi connectivity index (χ3n) is 1.72. The smallest absolute Gasteiger partial charge is 0.142 e. The Bertz CT molecular complexity index is 240. The summed E-state index contributed by atoms with van der Waals surface area (Å²) in [6, 6.07) is 10.3. The standard InChI is InChI=1S/C11H17NOS/c1-3-12-14-11(13-4-2)10-8-6-5-7-9-10/h5-9,11-12H,3-4H2,1-2H3. The molecular formula is C11H17NOS. The molecule has 78 valence electrons. The molecule has 0 radical (unpaired) electrons. The molecule has 0 aliphatic rings. The van der Waals surface area contributed by atoms with E-state index < -0.39 is 0 Å². The van der Waals surface area contributed by atoms with Crippen molar-refractivity contribution in [2.75, 3.05) is 13.2 Å². The van der Waals surface area contributed by atoms with Crippen molar-refractivity contribution in [1.82, 2.24) is 4.72 Å². The number of benzene rings is 1. The van der Waals surface area contributed by atoms with Crippen LogP contribution < -0.4 is 4.72 Å². The number of hydrogen-bond donors (Lipinski definition) is 1. The fourth-order valence-corrected chi connectivity index (χ4v) is 1.93. The summed E-state index contributed by atoms with van der Waals surface area (Å²) in [6.45, 7) is 5.78. The molecule has 0 aliphatic carbocycles. The highest BCUT2D eigenvalue weighted by Gasteiger charge is 2.10. The van der Waals surface area contributed by atoms with Gasteiger partial charge in [-0.05, 0) is 24.4 Å². The highest BCUT2D eigenvalue weighted by Crippen LogP contribution is 2.27. The van der Waals surface area contributed by atoms with Crippen LogP contribution in [-0.4, -0.2) is 13.2 Å². The molecule has 2 nitrogen and oxygen atoms in total. The van der Waals surface area contributed by atoms with Gasteiger partial charge in [0.15, 0.2) is 0 Å². The Hall–Kier alpha value is -0.510. The Kier molecular flexibility index (Phi) is 5.68. The Balaban J connectivity index is 2.58. The van der Waals surface area contributed by atoms with E-state index in [1.165, 1.54) is 5.56 Å². The molecule has 0 spiro atoms. The van der Waals surface area contributed by atoms with Gasteiger partial charge in [-0.25, -0.2) is 0 Å². The van der Waals surface area contributed by atoms with Crippen molar-refractivity contribution in [2.45, 2.75) is 19.3 Å². The average molecular weight is 211 g/mol. The first-order chi connectivity index (χ1) is 6.88. The van der Waals surface area contributed by atoms with Gasteiger partial charge in [-0.1, -0.05) is 37.3 Å². The van der Waals surface area contributed by atoms with Crippen LogP contribution in [0.2, 0.25) is 0 Å². The van der Waals surface area contributed by atoms with Gasteiger partial charge in [0.1, 0.15) is 5.44 Å². The maximum absolute atomic E-state index is 5.63. The van der Waals surface area contributed by atoms with Gasteiger partial charge < -0.3 is 4.74 Å². The van der Waals surface area contributed by atoms with E-state index in [0.717, 1.165) is 13.2 Å². The van der Waals surface area contributed by atoms with Crippen LogP contribution in [0.15, 0.2) is 30.3 Å². The molecule has 1 atom stereocenters. The van der Waals surface area contributed by atoms with Crippen LogP contribution in [-0.2, 0) is 4.74 Å². The molecule has 0 saturated heterocycles. The molecule has 14 heavy (non-hydrogen) atoms. The van der Waals surface area contributed by atoms with Crippen molar-refractivity contribution in [3.8, 4) is 0 Å². The molecule has 1 aromatic carbocycles. The monoisotopic (exact) mass is 211 g/mol. The van der Waals surface area contributed by atoms with Gasteiger partial charge in [-0.15, -0.1) is 0 Å². The summed E-state index contributed by atoms with van der Waals surface area (Å²) in [7, 11) is 0. The Labute approximate surface area is 90.2 Å². The normalized spacial score (nSPS) is 12.7. The number of ether oxygens (including phenoxy) is 1. The van der Waals surface area contributed by atoms with Gasteiger partial charge >= 0.3 is 0 Å². The first kappa shape index (κ1) is 11.6. The number of rotatable bonds is 6. The Morgan fingerprint density at radius 1 is 1.29 bits per heavy atom. The minimum absolute atomic E-state index is 0.0983. The summed E-state index contributed by atoms with van der Waals surface area (Å²) in [4.78, 5) is 0. The second-order valence-electron chi connectivity index (χ2n) is 2.81. The molecule has 1 aromatic rings. The van der Waals surface area contributed by atoms with E-state index in [2.05, 4.69) is 23.8 Å². The van der Waals surface area contributed by atoms with Crippen molar-refractivity contribution < 1.29 is 4.74 Å². The highest BCUT2D eigenvalue weighted by molar-refractivity contribution is 7.97. The lowest BCUT2D eigenvalue weighted by Crippen LogP contribution is -2.09. The van der Waals surface area contributed by atoms with Crippen LogP contribution in [0, 0.1) is 0 Å². The zero-order valence-electron chi connectivity index (χ0n) is 8.69. The molecule has 0 aromatic heterocycles. The van der Waals surface area contributed by atoms with Crippen molar-refractivity contribution in [1.29, 1.82) is 0 Å². The van der Waals surface area contributed by atoms with Crippen LogP contribution in [0.5, 0.6) is 0 Å². The van der Waals surface area contributed by atoms with Crippen molar-refractivity contribution >= 4 is 11.9 Å². The summed E-state index contributed by atoms with van der Waals surface area (Å²) >= 11 is 1.63. The first-order valence-corrected chi connectivity index (χ1v) is 5.81. The van der Waals surface area contributed by atoms with Gasteiger partial charge in [0.25, 0.3) is 0 Å². The molecule has 0 bridgehead atoms. The first-order valence-electron chi connectivity index (χ1n) is 4.93. The molecule has 1 rings (SSSR count). The average Bonchev–Trinajstić information content (AvgIpc) is 2.25. The number of hydrogen-bond acceptors (Lipinski definition) is 3. The lowest BCUT2D eigenvalue weighted by Gasteiger charge is -2.16. The summed E-state index contributed by atoms with van der Waals surface area (Å²) < 4.78 is 8.85. The second kappa shape index (κ2) is 6.87. The molecule has 0 saturated carbocycles. The van der Waals surface area contributed by atoms with E-state index >= 15 is 0 Å². The van der Waals surface area contributed by atoms with E-state index in [4.69, 9.17) is 4.74 Å². The van der Waals surface area contributed by atoms with E-state index in [-0.39, 0.29) is 5.44 Å². The quantitative estimate of drug-likeness (QED) is 0.577. The molecule has 0 amide bonds. The Morgan fingerprint density at radius 3 is 2.57 bits per heavy atom. The second-order valence-corrected chi connectivity index (χ2v) is 3.77. The predicted octanol–water partition coefficient (Wildman–Crippen LogP) is 2.98. The maximum atomic E-state index is 5.63. The molecule has 0 heterocycles. The van der Waals surface area contributed by atoms with Crippen LogP contribution >= 0.6 is 11.9 Å². The fraction of sp³-hybridized carbons (Fsp3) is 0.455. The minimum atomic E-state index is 0.0983. The van der Waals surface area contributed by atoms with Gasteiger partial charge in [-0.2, -0.15) is 0 Å². The third kappa shape index (κ3) is 3.70. The van der Waals surface area contributed by atoms with Crippen molar-refractivity contribution in [2.24, 2.45) is 0 Å². The van der Waals surface area contributed by atoms with E-state index in [1.807, 2.05) is 25.1 Å². The van der Waals surface area contributed by atoms with Crippen LogP contribution in [0.4, 0.5) is 0 Å². The molecule has 3 heteroatoms. The predicted molar refractivity (Wildman–Crippen MR) is 62.1 cm³/mol. The Morgan fingerprint density at radius 2 is 2.00 bits per heavy atom. The summed E-state index contributed by atoms with van der Waals surface area (Å²) in [6.07, 6.45) is 0. The summed E-state index contributed by atoms with van der Waals surface area (Å²) in [5, 5.41) is 0. The number of nitrogens with one attached hydrogen (secondary N) is 1. The minimum Gasteiger partial charge on any atom is -0.362 e. The van der Waals surface area contributed by atoms with E-state index in [9.17, 15) is 0 Å². The molecule has 0 aliphatic heterocycles.